The predicted octanol–water partition coefficient (Wildman–Crippen LogP) is 2.87. The van der Waals surface area contributed by atoms with Crippen molar-refractivity contribution in [3.05, 3.63) is 62.6 Å². The van der Waals surface area contributed by atoms with E-state index < -0.39 is 0 Å². The van der Waals surface area contributed by atoms with Gasteiger partial charge in [-0.15, -0.1) is 11.3 Å². The van der Waals surface area contributed by atoms with Crippen molar-refractivity contribution in [3.63, 3.8) is 0 Å². The largest absolute Gasteiger partial charge is 0.370 e. The van der Waals surface area contributed by atoms with Gasteiger partial charge in [-0.05, 0) is 30.4 Å². The van der Waals surface area contributed by atoms with Crippen LogP contribution in [0.3, 0.4) is 0 Å². The lowest BCUT2D eigenvalue weighted by molar-refractivity contribution is 0.0935. The summed E-state index contributed by atoms with van der Waals surface area (Å²) in [5.74, 6) is -0.0369. The van der Waals surface area contributed by atoms with E-state index in [2.05, 4.69) is 16.3 Å². The van der Waals surface area contributed by atoms with Gasteiger partial charge >= 0.3 is 0 Å². The van der Waals surface area contributed by atoms with Crippen molar-refractivity contribution < 1.29 is 4.79 Å². The summed E-state index contributed by atoms with van der Waals surface area (Å²) in [6.07, 6.45) is 1.54. The Kier molecular flexibility index (Phi) is 4.88. The van der Waals surface area contributed by atoms with Crippen LogP contribution in [0.1, 0.15) is 28.1 Å². The Morgan fingerprint density at radius 1 is 1.21 bits per heavy atom. The number of pyridine rings is 1. The third-order valence-corrected chi connectivity index (χ3v) is 6.15. The zero-order chi connectivity index (χ0) is 19.7. The molecule has 1 N–H and O–H groups in total. The molecule has 7 heteroatoms. The molecule has 0 atom stereocenters. The first-order valence-electron chi connectivity index (χ1n) is 9.21. The number of anilines is 1. The molecule has 1 amide bonds. The summed E-state index contributed by atoms with van der Waals surface area (Å²) < 4.78 is 1.53. The van der Waals surface area contributed by atoms with E-state index in [1.54, 1.807) is 7.05 Å². The molecule has 1 aliphatic heterocycles. The number of hydrogen-bond donors (Lipinski definition) is 1. The van der Waals surface area contributed by atoms with Crippen LogP contribution < -0.4 is 15.8 Å². The fourth-order valence-electron chi connectivity index (χ4n) is 3.82. The monoisotopic (exact) mass is 392 g/mol. The number of carbonyl (C=O) groups excluding carboxylic acids is 1. The van der Waals surface area contributed by atoms with Gasteiger partial charge in [0.05, 0.1) is 16.1 Å². The molecule has 142 valence electrons. The third-order valence-electron chi connectivity index (χ3n) is 5.28. The van der Waals surface area contributed by atoms with Crippen LogP contribution in [0.15, 0.2) is 46.6 Å². The number of piperidine rings is 1. The van der Waals surface area contributed by atoms with Crippen molar-refractivity contribution in [1.82, 2.24) is 9.88 Å². The Balaban J connectivity index is 1.59. The maximum Gasteiger partial charge on any atom is 0.270 e. The van der Waals surface area contributed by atoms with Crippen LogP contribution in [0, 0.1) is 11.3 Å². The van der Waals surface area contributed by atoms with E-state index in [9.17, 15) is 14.9 Å². The molecule has 6 nitrogen and oxygen atoms in total. The van der Waals surface area contributed by atoms with Crippen molar-refractivity contribution >= 4 is 33.8 Å². The average Bonchev–Trinajstić information content (AvgIpc) is 3.26. The van der Waals surface area contributed by atoms with Crippen LogP contribution in [0.5, 0.6) is 0 Å². The Labute approximate surface area is 166 Å². The highest BCUT2D eigenvalue weighted by atomic mass is 32.1. The summed E-state index contributed by atoms with van der Waals surface area (Å²) in [7, 11) is 1.70. The normalized spacial score (nSPS) is 14.8. The van der Waals surface area contributed by atoms with Crippen molar-refractivity contribution in [3.8, 4) is 6.07 Å². The molecule has 0 radical (unpaired) electrons. The summed E-state index contributed by atoms with van der Waals surface area (Å²) in [5, 5.41) is 15.5. The molecular formula is C21H20N4O2S. The Hall–Kier alpha value is -3.11. The first-order chi connectivity index (χ1) is 13.6. The van der Waals surface area contributed by atoms with E-state index in [0.29, 0.717) is 23.7 Å². The second-order valence-electron chi connectivity index (χ2n) is 6.93. The molecule has 0 spiro atoms. The minimum absolute atomic E-state index is 0.0369. The summed E-state index contributed by atoms with van der Waals surface area (Å²) in [6.45, 7) is 1.36. The van der Waals surface area contributed by atoms with E-state index in [1.165, 1.54) is 15.9 Å². The molecule has 2 aromatic heterocycles. The van der Waals surface area contributed by atoms with Crippen LogP contribution in [0.25, 0.3) is 10.9 Å². The number of nitrogens with one attached hydrogen (secondary N) is 1. The van der Waals surface area contributed by atoms with E-state index in [0.717, 1.165) is 23.7 Å². The Morgan fingerprint density at radius 3 is 2.64 bits per heavy atom. The van der Waals surface area contributed by atoms with Crippen molar-refractivity contribution in [2.24, 2.45) is 7.05 Å². The fraction of sp³-hybridized carbons (Fsp3) is 0.286. The van der Waals surface area contributed by atoms with Crippen molar-refractivity contribution in [1.29, 1.82) is 5.26 Å². The summed E-state index contributed by atoms with van der Waals surface area (Å²) in [6, 6.07) is 13.6. The van der Waals surface area contributed by atoms with Gasteiger partial charge < -0.3 is 14.8 Å². The van der Waals surface area contributed by atoms with Gasteiger partial charge in [0, 0.05) is 31.6 Å². The van der Waals surface area contributed by atoms with Crippen LogP contribution in [0.4, 0.5) is 5.69 Å². The number of nitrogens with zero attached hydrogens (tertiary/aromatic N) is 3. The fourth-order valence-corrected chi connectivity index (χ4v) is 4.45. The molecule has 3 aromatic rings. The number of amides is 1. The van der Waals surface area contributed by atoms with Gasteiger partial charge in [-0.3, -0.25) is 9.59 Å². The molecule has 0 aliphatic carbocycles. The summed E-state index contributed by atoms with van der Waals surface area (Å²) >= 11 is 1.43. The minimum Gasteiger partial charge on any atom is -0.370 e. The standard InChI is InChI=1S/C21H20N4O2S/c1-24-17-6-3-2-5-15(17)19(16(13-22)21(24)27)25-10-8-14(9-11-25)23-20(26)18-7-4-12-28-18/h2-7,12,14H,8-11H2,1H3,(H,23,26). The van der Waals surface area contributed by atoms with Gasteiger partial charge in [0.15, 0.2) is 0 Å². The first-order valence-corrected chi connectivity index (χ1v) is 10.1. The lowest BCUT2D eigenvalue weighted by Crippen LogP contribution is -2.45. The molecule has 1 aromatic carbocycles. The number of hydrogen-bond acceptors (Lipinski definition) is 5. The first kappa shape index (κ1) is 18.3. The number of fused-ring (bicyclic) bond motifs is 1. The van der Waals surface area contributed by atoms with Gasteiger partial charge in [0.2, 0.25) is 0 Å². The molecule has 0 unspecified atom stereocenters. The molecule has 0 saturated carbocycles. The Bertz CT molecular complexity index is 1120. The second kappa shape index (κ2) is 7.49. The van der Waals surface area contributed by atoms with Gasteiger partial charge in [-0.2, -0.15) is 5.26 Å². The van der Waals surface area contributed by atoms with E-state index in [-0.39, 0.29) is 23.1 Å². The van der Waals surface area contributed by atoms with Crippen LogP contribution >= 0.6 is 11.3 Å². The molecule has 28 heavy (non-hydrogen) atoms. The van der Waals surface area contributed by atoms with Gasteiger partial charge in [-0.1, -0.05) is 24.3 Å². The van der Waals surface area contributed by atoms with Crippen LogP contribution in [-0.4, -0.2) is 29.6 Å². The molecule has 1 aliphatic rings. The number of aryl methyl sites for hydroxylation is 1. The zero-order valence-electron chi connectivity index (χ0n) is 15.5. The average molecular weight is 392 g/mol. The van der Waals surface area contributed by atoms with Crippen molar-refractivity contribution in [2.45, 2.75) is 18.9 Å². The lowest BCUT2D eigenvalue weighted by Gasteiger charge is -2.35. The third kappa shape index (κ3) is 3.16. The van der Waals surface area contributed by atoms with E-state index >= 15 is 0 Å². The number of benzene rings is 1. The highest BCUT2D eigenvalue weighted by Gasteiger charge is 2.26. The highest BCUT2D eigenvalue weighted by Crippen LogP contribution is 2.30. The number of carbonyl (C=O) groups is 1. The van der Waals surface area contributed by atoms with E-state index in [4.69, 9.17) is 0 Å². The molecule has 3 heterocycles. The second-order valence-corrected chi connectivity index (χ2v) is 7.88. The number of para-hydroxylation sites is 1. The van der Waals surface area contributed by atoms with Crippen LogP contribution in [0.2, 0.25) is 0 Å². The SMILES string of the molecule is Cn1c(=O)c(C#N)c(N2CCC(NC(=O)c3cccs3)CC2)c2ccccc21. The lowest BCUT2D eigenvalue weighted by atomic mass is 10.0. The maximum absolute atomic E-state index is 12.7. The highest BCUT2D eigenvalue weighted by molar-refractivity contribution is 7.12. The van der Waals surface area contributed by atoms with Gasteiger partial charge in [0.1, 0.15) is 11.6 Å². The number of thiophene rings is 1. The number of nitriles is 1. The molecule has 1 fully saturated rings. The zero-order valence-corrected chi connectivity index (χ0v) is 16.3. The number of rotatable bonds is 3. The molecular weight excluding hydrogens is 372 g/mol. The smallest absolute Gasteiger partial charge is 0.270 e. The Morgan fingerprint density at radius 2 is 1.96 bits per heavy atom. The summed E-state index contributed by atoms with van der Waals surface area (Å²) in [4.78, 5) is 27.8. The maximum atomic E-state index is 12.7. The topological polar surface area (TPSA) is 78.1 Å². The molecule has 1 saturated heterocycles. The van der Waals surface area contributed by atoms with E-state index in [1.807, 2.05) is 41.8 Å². The summed E-state index contributed by atoms with van der Waals surface area (Å²) in [5.41, 5.74) is 1.44. The molecule has 0 bridgehead atoms. The quantitative estimate of drug-likeness (QED) is 0.743. The van der Waals surface area contributed by atoms with Crippen LogP contribution in [-0.2, 0) is 7.05 Å². The number of aromatic nitrogens is 1. The minimum atomic E-state index is -0.274. The van der Waals surface area contributed by atoms with Gasteiger partial charge in [0.25, 0.3) is 11.5 Å². The molecule has 4 rings (SSSR count). The van der Waals surface area contributed by atoms with Crippen molar-refractivity contribution in [2.75, 3.05) is 18.0 Å². The predicted molar refractivity (Wildman–Crippen MR) is 111 cm³/mol. The van der Waals surface area contributed by atoms with Gasteiger partial charge in [-0.25, -0.2) is 0 Å².